The van der Waals surface area contributed by atoms with Crippen LogP contribution in [0.2, 0.25) is 0 Å². The number of carbonyl (C=O) groups excluding carboxylic acids is 1. The Morgan fingerprint density at radius 3 is 2.42 bits per heavy atom. The van der Waals surface area contributed by atoms with Crippen molar-refractivity contribution in [3.8, 4) is 11.8 Å². The predicted octanol–water partition coefficient (Wildman–Crippen LogP) is 2.63. The lowest BCUT2D eigenvalue weighted by Gasteiger charge is -2.03. The predicted molar refractivity (Wildman–Crippen MR) is 77.6 cm³/mol. The van der Waals surface area contributed by atoms with Crippen molar-refractivity contribution >= 4 is 17.3 Å². The molecule has 0 saturated carbocycles. The van der Waals surface area contributed by atoms with Gasteiger partial charge < -0.3 is 11.1 Å². The lowest BCUT2D eigenvalue weighted by atomic mass is 10.1. The zero-order valence-corrected chi connectivity index (χ0v) is 10.6. The maximum atomic E-state index is 11.1. The van der Waals surface area contributed by atoms with Crippen LogP contribution in [0.5, 0.6) is 0 Å². The molecule has 2 rings (SSSR count). The van der Waals surface area contributed by atoms with Gasteiger partial charge >= 0.3 is 0 Å². The SMILES string of the molecule is CC(=O)Nc1ccccc1C#Cc1ccc(N)cc1. The van der Waals surface area contributed by atoms with E-state index in [-0.39, 0.29) is 5.91 Å². The first kappa shape index (κ1) is 12.7. The molecule has 0 atom stereocenters. The molecule has 94 valence electrons. The van der Waals surface area contributed by atoms with Crippen molar-refractivity contribution in [2.24, 2.45) is 0 Å². The van der Waals surface area contributed by atoms with Crippen LogP contribution >= 0.6 is 0 Å². The van der Waals surface area contributed by atoms with Crippen molar-refractivity contribution in [1.29, 1.82) is 0 Å². The normalized spacial score (nSPS) is 9.32. The third-order valence-electron chi connectivity index (χ3n) is 2.49. The van der Waals surface area contributed by atoms with Gasteiger partial charge in [0.2, 0.25) is 5.91 Å². The van der Waals surface area contributed by atoms with E-state index in [1.807, 2.05) is 48.5 Å². The van der Waals surface area contributed by atoms with Crippen molar-refractivity contribution in [2.75, 3.05) is 11.1 Å². The molecule has 2 aromatic rings. The minimum absolute atomic E-state index is 0.110. The second kappa shape index (κ2) is 5.74. The fourth-order valence-corrected chi connectivity index (χ4v) is 1.60. The average Bonchev–Trinajstić information content (AvgIpc) is 2.39. The molecule has 0 unspecified atom stereocenters. The molecule has 0 spiro atoms. The standard InChI is InChI=1S/C16H14N2O/c1-12(19)18-16-5-3-2-4-14(16)9-6-13-7-10-15(17)11-8-13/h2-5,7-8,10-11H,17H2,1H3,(H,18,19). The largest absolute Gasteiger partial charge is 0.399 e. The quantitative estimate of drug-likeness (QED) is 0.604. The average molecular weight is 250 g/mol. The molecule has 0 saturated heterocycles. The Labute approximate surface area is 112 Å². The molecule has 0 heterocycles. The molecular weight excluding hydrogens is 236 g/mol. The summed E-state index contributed by atoms with van der Waals surface area (Å²) in [6, 6.07) is 14.8. The van der Waals surface area contributed by atoms with Gasteiger partial charge in [0.1, 0.15) is 0 Å². The molecule has 0 aliphatic heterocycles. The van der Waals surface area contributed by atoms with Crippen LogP contribution in [0.25, 0.3) is 0 Å². The van der Waals surface area contributed by atoms with E-state index in [0.29, 0.717) is 5.69 Å². The molecule has 0 aliphatic rings. The number of nitrogens with one attached hydrogen (secondary N) is 1. The number of rotatable bonds is 1. The van der Waals surface area contributed by atoms with E-state index in [0.717, 1.165) is 16.8 Å². The summed E-state index contributed by atoms with van der Waals surface area (Å²) in [5, 5.41) is 2.76. The summed E-state index contributed by atoms with van der Waals surface area (Å²) in [6.07, 6.45) is 0. The summed E-state index contributed by atoms with van der Waals surface area (Å²) < 4.78 is 0. The van der Waals surface area contributed by atoms with Gasteiger partial charge in [0, 0.05) is 23.7 Å². The number of carbonyl (C=O) groups is 1. The van der Waals surface area contributed by atoms with Crippen LogP contribution < -0.4 is 11.1 Å². The zero-order valence-electron chi connectivity index (χ0n) is 10.6. The minimum atomic E-state index is -0.110. The van der Waals surface area contributed by atoms with Crippen LogP contribution in [0.1, 0.15) is 18.1 Å². The topological polar surface area (TPSA) is 55.1 Å². The first-order valence-corrected chi connectivity index (χ1v) is 5.89. The highest BCUT2D eigenvalue weighted by atomic mass is 16.1. The second-order valence-corrected chi connectivity index (χ2v) is 4.10. The molecule has 19 heavy (non-hydrogen) atoms. The van der Waals surface area contributed by atoms with Crippen molar-refractivity contribution in [3.05, 3.63) is 59.7 Å². The van der Waals surface area contributed by atoms with Gasteiger partial charge in [-0.15, -0.1) is 0 Å². The number of benzene rings is 2. The fraction of sp³-hybridized carbons (Fsp3) is 0.0625. The summed E-state index contributed by atoms with van der Waals surface area (Å²) in [5.41, 5.74) is 8.72. The van der Waals surface area contributed by atoms with Crippen molar-refractivity contribution in [1.82, 2.24) is 0 Å². The third kappa shape index (κ3) is 3.62. The Morgan fingerprint density at radius 1 is 1.05 bits per heavy atom. The Morgan fingerprint density at radius 2 is 1.74 bits per heavy atom. The molecule has 0 fully saturated rings. The molecule has 0 aromatic heterocycles. The van der Waals surface area contributed by atoms with E-state index in [4.69, 9.17) is 5.73 Å². The number of nitrogens with two attached hydrogens (primary N) is 1. The van der Waals surface area contributed by atoms with Gasteiger partial charge in [-0.25, -0.2) is 0 Å². The van der Waals surface area contributed by atoms with E-state index in [1.165, 1.54) is 6.92 Å². The Kier molecular flexibility index (Phi) is 3.84. The first-order chi connectivity index (χ1) is 9.15. The third-order valence-corrected chi connectivity index (χ3v) is 2.49. The van der Waals surface area contributed by atoms with E-state index in [9.17, 15) is 4.79 Å². The van der Waals surface area contributed by atoms with Crippen LogP contribution in [-0.2, 0) is 4.79 Å². The van der Waals surface area contributed by atoms with E-state index in [2.05, 4.69) is 17.2 Å². The second-order valence-electron chi connectivity index (χ2n) is 4.10. The number of para-hydroxylation sites is 1. The number of hydrogen-bond donors (Lipinski definition) is 2. The maximum Gasteiger partial charge on any atom is 0.221 e. The van der Waals surface area contributed by atoms with Crippen LogP contribution in [0.3, 0.4) is 0 Å². The first-order valence-electron chi connectivity index (χ1n) is 5.89. The zero-order chi connectivity index (χ0) is 13.7. The van der Waals surface area contributed by atoms with Gasteiger partial charge in [0.15, 0.2) is 0 Å². The van der Waals surface area contributed by atoms with Crippen molar-refractivity contribution in [3.63, 3.8) is 0 Å². The van der Waals surface area contributed by atoms with Crippen LogP contribution in [-0.4, -0.2) is 5.91 Å². The van der Waals surface area contributed by atoms with Gasteiger partial charge in [-0.1, -0.05) is 24.0 Å². The van der Waals surface area contributed by atoms with Gasteiger partial charge in [-0.3, -0.25) is 4.79 Å². The molecule has 0 radical (unpaired) electrons. The Balaban J connectivity index is 2.29. The summed E-state index contributed by atoms with van der Waals surface area (Å²) in [6.45, 7) is 1.48. The van der Waals surface area contributed by atoms with E-state index in [1.54, 1.807) is 0 Å². The summed E-state index contributed by atoms with van der Waals surface area (Å²) >= 11 is 0. The van der Waals surface area contributed by atoms with Crippen molar-refractivity contribution in [2.45, 2.75) is 6.92 Å². The lowest BCUT2D eigenvalue weighted by Crippen LogP contribution is -2.06. The van der Waals surface area contributed by atoms with Gasteiger partial charge in [-0.2, -0.15) is 0 Å². The number of anilines is 2. The van der Waals surface area contributed by atoms with Gasteiger partial charge in [0.25, 0.3) is 0 Å². The monoisotopic (exact) mass is 250 g/mol. The highest BCUT2D eigenvalue weighted by Crippen LogP contribution is 2.14. The molecule has 3 heteroatoms. The van der Waals surface area contributed by atoms with E-state index >= 15 is 0 Å². The van der Waals surface area contributed by atoms with Gasteiger partial charge in [-0.05, 0) is 36.4 Å². The van der Waals surface area contributed by atoms with Crippen LogP contribution in [0.4, 0.5) is 11.4 Å². The molecule has 0 aliphatic carbocycles. The molecule has 3 N–H and O–H groups in total. The molecule has 2 aromatic carbocycles. The summed E-state index contributed by atoms with van der Waals surface area (Å²) in [7, 11) is 0. The minimum Gasteiger partial charge on any atom is -0.399 e. The Hall–Kier alpha value is -2.73. The summed E-state index contributed by atoms with van der Waals surface area (Å²) in [4.78, 5) is 11.1. The van der Waals surface area contributed by atoms with Crippen LogP contribution in [0, 0.1) is 11.8 Å². The highest BCUT2D eigenvalue weighted by molar-refractivity contribution is 5.90. The highest BCUT2D eigenvalue weighted by Gasteiger charge is 1.99. The van der Waals surface area contributed by atoms with Crippen molar-refractivity contribution < 1.29 is 4.79 Å². The molecule has 1 amide bonds. The molecule has 3 nitrogen and oxygen atoms in total. The van der Waals surface area contributed by atoms with E-state index < -0.39 is 0 Å². The van der Waals surface area contributed by atoms with Crippen LogP contribution in [0.15, 0.2) is 48.5 Å². The lowest BCUT2D eigenvalue weighted by molar-refractivity contribution is -0.114. The maximum absolute atomic E-state index is 11.1. The van der Waals surface area contributed by atoms with Gasteiger partial charge in [0.05, 0.1) is 5.69 Å². The smallest absolute Gasteiger partial charge is 0.221 e. The fourth-order valence-electron chi connectivity index (χ4n) is 1.60. The Bertz CT molecular complexity index is 648. The molecular formula is C16H14N2O. The number of hydrogen-bond acceptors (Lipinski definition) is 2. The number of amides is 1. The summed E-state index contributed by atoms with van der Waals surface area (Å²) in [5.74, 6) is 5.98. The molecule has 0 bridgehead atoms. The number of nitrogen functional groups attached to an aromatic ring is 1.